The van der Waals surface area contributed by atoms with Gasteiger partial charge in [0.05, 0.1) is 5.52 Å². The fourth-order valence-corrected chi connectivity index (χ4v) is 2.80. The maximum absolute atomic E-state index is 11.4. The van der Waals surface area contributed by atoms with Crippen LogP contribution in [0.5, 0.6) is 0 Å². The molecule has 0 atom stereocenters. The van der Waals surface area contributed by atoms with E-state index >= 15 is 0 Å². The number of carbonyl (C=O) groups is 1. The van der Waals surface area contributed by atoms with Crippen LogP contribution in [0.1, 0.15) is 30.5 Å². The van der Waals surface area contributed by atoms with Gasteiger partial charge in [0.15, 0.2) is 0 Å². The van der Waals surface area contributed by atoms with Crippen molar-refractivity contribution in [1.82, 2.24) is 10.3 Å². The van der Waals surface area contributed by atoms with Gasteiger partial charge < -0.3 is 5.11 Å². The zero-order chi connectivity index (χ0) is 14.2. The molecule has 0 spiro atoms. The number of hydrogen-bond acceptors (Lipinski definition) is 3. The van der Waals surface area contributed by atoms with E-state index in [1.807, 2.05) is 37.3 Å². The lowest BCUT2D eigenvalue weighted by Gasteiger charge is -2.38. The lowest BCUT2D eigenvalue weighted by molar-refractivity contribution is -0.148. The van der Waals surface area contributed by atoms with E-state index in [2.05, 4.69) is 10.3 Å². The average molecular weight is 270 g/mol. The number of nitrogens with zero attached hydrogens (tertiary/aromatic N) is 1. The van der Waals surface area contributed by atoms with Crippen molar-refractivity contribution in [3.05, 3.63) is 41.6 Å². The smallest absolute Gasteiger partial charge is 0.323 e. The highest BCUT2D eigenvalue weighted by atomic mass is 16.4. The van der Waals surface area contributed by atoms with Gasteiger partial charge in [0.2, 0.25) is 0 Å². The second-order valence-corrected chi connectivity index (χ2v) is 5.53. The topological polar surface area (TPSA) is 62.2 Å². The second-order valence-electron chi connectivity index (χ2n) is 5.53. The van der Waals surface area contributed by atoms with Crippen molar-refractivity contribution in [1.29, 1.82) is 0 Å². The zero-order valence-electron chi connectivity index (χ0n) is 11.5. The molecular formula is C16H18N2O2. The van der Waals surface area contributed by atoms with E-state index in [0.29, 0.717) is 19.4 Å². The van der Waals surface area contributed by atoms with Crippen LogP contribution in [0.3, 0.4) is 0 Å². The molecule has 4 nitrogen and oxygen atoms in total. The number of carboxylic acid groups (broad SMARTS) is 1. The molecule has 0 bridgehead atoms. The number of carboxylic acids is 1. The summed E-state index contributed by atoms with van der Waals surface area (Å²) in [5, 5.41) is 13.7. The molecule has 0 amide bonds. The van der Waals surface area contributed by atoms with Gasteiger partial charge >= 0.3 is 5.97 Å². The van der Waals surface area contributed by atoms with Crippen LogP contribution >= 0.6 is 0 Å². The number of benzene rings is 1. The number of nitrogens with one attached hydrogen (secondary N) is 1. The number of pyridine rings is 1. The molecule has 1 aromatic heterocycles. The molecule has 1 saturated carbocycles. The maximum atomic E-state index is 11.4. The summed E-state index contributed by atoms with van der Waals surface area (Å²) in [5.74, 6) is -0.737. The van der Waals surface area contributed by atoms with Gasteiger partial charge in [-0.2, -0.15) is 0 Å². The van der Waals surface area contributed by atoms with Crippen molar-refractivity contribution in [3.8, 4) is 0 Å². The fraction of sp³-hybridized carbons (Fsp3) is 0.375. The molecule has 2 aromatic rings. The van der Waals surface area contributed by atoms with E-state index < -0.39 is 11.5 Å². The van der Waals surface area contributed by atoms with E-state index in [4.69, 9.17) is 0 Å². The lowest BCUT2D eigenvalue weighted by Crippen LogP contribution is -2.56. The molecule has 1 fully saturated rings. The highest BCUT2D eigenvalue weighted by Gasteiger charge is 2.43. The third-order valence-corrected chi connectivity index (χ3v) is 4.16. The minimum atomic E-state index is -0.737. The Balaban J connectivity index is 1.89. The number of aliphatic carboxylic acids is 1. The first-order valence-corrected chi connectivity index (χ1v) is 6.94. The highest BCUT2D eigenvalue weighted by Crippen LogP contribution is 2.32. The first-order valence-electron chi connectivity index (χ1n) is 6.94. The summed E-state index contributed by atoms with van der Waals surface area (Å²) in [7, 11) is 0. The van der Waals surface area contributed by atoms with Crippen LogP contribution in [-0.4, -0.2) is 21.6 Å². The molecule has 0 saturated heterocycles. The minimum Gasteiger partial charge on any atom is -0.480 e. The summed E-state index contributed by atoms with van der Waals surface area (Å²) in [4.78, 5) is 15.9. The summed E-state index contributed by atoms with van der Waals surface area (Å²) < 4.78 is 0. The Hall–Kier alpha value is -1.94. The molecule has 1 aliphatic carbocycles. The predicted molar refractivity (Wildman–Crippen MR) is 77.5 cm³/mol. The Labute approximate surface area is 117 Å². The average Bonchev–Trinajstić information content (AvgIpc) is 2.36. The molecule has 104 valence electrons. The molecule has 3 rings (SSSR count). The van der Waals surface area contributed by atoms with Crippen LogP contribution in [0, 0.1) is 6.92 Å². The SMILES string of the molecule is Cc1cc(CNC2(C(=O)O)CCC2)c2ccccc2n1. The normalized spacial score (nSPS) is 16.9. The number of hydrogen-bond donors (Lipinski definition) is 2. The first kappa shape index (κ1) is 13.1. The van der Waals surface area contributed by atoms with Crippen molar-refractivity contribution in [3.63, 3.8) is 0 Å². The molecule has 0 aliphatic heterocycles. The van der Waals surface area contributed by atoms with Crippen LogP contribution in [0.2, 0.25) is 0 Å². The molecule has 0 unspecified atom stereocenters. The Morgan fingerprint density at radius 2 is 2.15 bits per heavy atom. The summed E-state index contributed by atoms with van der Waals surface area (Å²) in [5.41, 5.74) is 2.31. The fourth-order valence-electron chi connectivity index (χ4n) is 2.80. The Morgan fingerprint density at radius 3 is 2.80 bits per heavy atom. The molecule has 1 heterocycles. The molecular weight excluding hydrogens is 252 g/mol. The largest absolute Gasteiger partial charge is 0.480 e. The number of aryl methyl sites for hydroxylation is 1. The van der Waals surface area contributed by atoms with E-state index in [0.717, 1.165) is 28.6 Å². The van der Waals surface area contributed by atoms with E-state index in [9.17, 15) is 9.90 Å². The first-order chi connectivity index (χ1) is 9.61. The van der Waals surface area contributed by atoms with Crippen molar-refractivity contribution < 1.29 is 9.90 Å². The van der Waals surface area contributed by atoms with Gasteiger partial charge in [-0.15, -0.1) is 0 Å². The maximum Gasteiger partial charge on any atom is 0.323 e. The third-order valence-electron chi connectivity index (χ3n) is 4.16. The van der Waals surface area contributed by atoms with Gasteiger partial charge in [-0.3, -0.25) is 15.1 Å². The number of aromatic nitrogens is 1. The van der Waals surface area contributed by atoms with Gasteiger partial charge in [-0.1, -0.05) is 18.2 Å². The molecule has 20 heavy (non-hydrogen) atoms. The van der Waals surface area contributed by atoms with E-state index in [1.54, 1.807) is 0 Å². The third kappa shape index (κ3) is 2.16. The number of fused-ring (bicyclic) bond motifs is 1. The van der Waals surface area contributed by atoms with Crippen molar-refractivity contribution in [2.24, 2.45) is 0 Å². The summed E-state index contributed by atoms with van der Waals surface area (Å²) >= 11 is 0. The lowest BCUT2D eigenvalue weighted by atomic mass is 9.76. The van der Waals surface area contributed by atoms with Crippen LogP contribution in [0.15, 0.2) is 30.3 Å². The Morgan fingerprint density at radius 1 is 1.40 bits per heavy atom. The Bertz CT molecular complexity index is 663. The standard InChI is InChI=1S/C16H18N2O2/c1-11-9-12(13-5-2-3-6-14(13)18-11)10-17-16(15(19)20)7-4-8-16/h2-3,5-6,9,17H,4,7-8,10H2,1H3,(H,19,20). The second kappa shape index (κ2) is 4.87. The number of para-hydroxylation sites is 1. The van der Waals surface area contributed by atoms with Crippen molar-refractivity contribution in [2.75, 3.05) is 0 Å². The predicted octanol–water partition coefficient (Wildman–Crippen LogP) is 2.64. The summed E-state index contributed by atoms with van der Waals surface area (Å²) in [6.07, 6.45) is 2.41. The van der Waals surface area contributed by atoms with Gasteiger partial charge in [-0.05, 0) is 43.9 Å². The van der Waals surface area contributed by atoms with Crippen LogP contribution in [-0.2, 0) is 11.3 Å². The van der Waals surface area contributed by atoms with Crippen LogP contribution < -0.4 is 5.32 Å². The van der Waals surface area contributed by atoms with E-state index in [-0.39, 0.29) is 0 Å². The molecule has 2 N–H and O–H groups in total. The highest BCUT2D eigenvalue weighted by molar-refractivity contribution is 5.83. The van der Waals surface area contributed by atoms with Crippen molar-refractivity contribution in [2.45, 2.75) is 38.3 Å². The van der Waals surface area contributed by atoms with Gasteiger partial charge in [0.1, 0.15) is 5.54 Å². The van der Waals surface area contributed by atoms with Gasteiger partial charge in [-0.25, -0.2) is 0 Å². The summed E-state index contributed by atoms with van der Waals surface area (Å²) in [6.45, 7) is 2.53. The quantitative estimate of drug-likeness (QED) is 0.896. The summed E-state index contributed by atoms with van der Waals surface area (Å²) in [6, 6.07) is 10.0. The number of rotatable bonds is 4. The van der Waals surface area contributed by atoms with Gasteiger partial charge in [0, 0.05) is 17.6 Å². The van der Waals surface area contributed by atoms with Crippen molar-refractivity contribution >= 4 is 16.9 Å². The zero-order valence-corrected chi connectivity index (χ0v) is 11.5. The van der Waals surface area contributed by atoms with Gasteiger partial charge in [0.25, 0.3) is 0 Å². The molecule has 1 aromatic carbocycles. The van der Waals surface area contributed by atoms with Crippen LogP contribution in [0.4, 0.5) is 0 Å². The molecule has 1 aliphatic rings. The minimum absolute atomic E-state index is 0.566. The molecule has 0 radical (unpaired) electrons. The molecule has 4 heteroatoms. The Kier molecular flexibility index (Phi) is 3.18. The van der Waals surface area contributed by atoms with E-state index in [1.165, 1.54) is 0 Å². The van der Waals surface area contributed by atoms with Crippen LogP contribution in [0.25, 0.3) is 10.9 Å². The monoisotopic (exact) mass is 270 g/mol.